The van der Waals surface area contributed by atoms with E-state index in [1.807, 2.05) is 24.3 Å². The number of carbonyl (C=O) groups excluding carboxylic acids is 1. The summed E-state index contributed by atoms with van der Waals surface area (Å²) < 4.78 is 5.06. The van der Waals surface area contributed by atoms with Crippen LogP contribution in [0.1, 0.15) is 18.4 Å². The molecule has 0 bridgehead atoms. The van der Waals surface area contributed by atoms with E-state index in [0.717, 1.165) is 24.2 Å². The molecular formula is C14H19N3O3. The third kappa shape index (κ3) is 3.63. The molecule has 1 aromatic rings. The molecule has 1 fully saturated rings. The van der Waals surface area contributed by atoms with Crippen LogP contribution < -0.4 is 15.8 Å². The monoisotopic (exact) mass is 277 g/mol. The molecule has 1 amide bonds. The molecule has 0 aliphatic heterocycles. The number of benzene rings is 1. The summed E-state index contributed by atoms with van der Waals surface area (Å²) >= 11 is 0. The van der Waals surface area contributed by atoms with Crippen LogP contribution in [0.15, 0.2) is 29.4 Å². The zero-order valence-electron chi connectivity index (χ0n) is 11.4. The second kappa shape index (κ2) is 6.27. The fourth-order valence-electron chi connectivity index (χ4n) is 2.08. The molecule has 0 saturated heterocycles. The van der Waals surface area contributed by atoms with Crippen LogP contribution in [0, 0.1) is 5.92 Å². The van der Waals surface area contributed by atoms with E-state index in [1.54, 1.807) is 7.11 Å². The van der Waals surface area contributed by atoms with Crippen LogP contribution in [0.5, 0.6) is 5.75 Å². The summed E-state index contributed by atoms with van der Waals surface area (Å²) in [7, 11) is 1.60. The minimum absolute atomic E-state index is 0.0654. The molecule has 6 nitrogen and oxygen atoms in total. The van der Waals surface area contributed by atoms with Crippen LogP contribution >= 0.6 is 0 Å². The van der Waals surface area contributed by atoms with Gasteiger partial charge in [-0.05, 0) is 36.5 Å². The molecule has 0 spiro atoms. The van der Waals surface area contributed by atoms with Crippen LogP contribution in [0.4, 0.5) is 0 Å². The van der Waals surface area contributed by atoms with E-state index in [-0.39, 0.29) is 30.1 Å². The maximum Gasteiger partial charge on any atom is 0.225 e. The molecule has 1 atom stereocenters. The van der Waals surface area contributed by atoms with Gasteiger partial charge in [0, 0.05) is 0 Å². The summed E-state index contributed by atoms with van der Waals surface area (Å²) in [5.74, 6) is 0.960. The highest BCUT2D eigenvalue weighted by Gasteiger charge is 2.35. The SMILES string of the molecule is COc1ccc(CC(=O)NC(C(N)=NO)C2CC2)cc1. The Bertz CT molecular complexity index is 495. The second-order valence-electron chi connectivity index (χ2n) is 4.93. The Morgan fingerprint density at radius 1 is 1.50 bits per heavy atom. The van der Waals surface area contributed by atoms with Crippen molar-refractivity contribution in [3.05, 3.63) is 29.8 Å². The van der Waals surface area contributed by atoms with Gasteiger partial charge >= 0.3 is 0 Å². The molecule has 108 valence electrons. The summed E-state index contributed by atoms with van der Waals surface area (Å²) in [5, 5.41) is 14.6. The Morgan fingerprint density at radius 3 is 2.65 bits per heavy atom. The van der Waals surface area contributed by atoms with Gasteiger partial charge in [0.2, 0.25) is 5.91 Å². The number of carbonyl (C=O) groups is 1. The molecule has 0 radical (unpaired) electrons. The number of nitrogens with zero attached hydrogens (tertiary/aromatic N) is 1. The van der Waals surface area contributed by atoms with Gasteiger partial charge in [0.05, 0.1) is 19.6 Å². The van der Waals surface area contributed by atoms with Crippen molar-refractivity contribution in [3.63, 3.8) is 0 Å². The standard InChI is InChI=1S/C14H19N3O3/c1-20-11-6-2-9(3-7-11)8-12(18)16-13(10-4-5-10)14(15)17-19/h2-3,6-7,10,13,19H,4-5,8H2,1H3,(H2,15,17)(H,16,18). The largest absolute Gasteiger partial charge is 0.497 e. The van der Waals surface area contributed by atoms with Gasteiger partial charge in [0.1, 0.15) is 5.75 Å². The van der Waals surface area contributed by atoms with Gasteiger partial charge in [0.25, 0.3) is 0 Å². The number of amides is 1. The molecule has 1 unspecified atom stereocenters. The predicted octanol–water partition coefficient (Wildman–Crippen LogP) is 0.879. The van der Waals surface area contributed by atoms with Gasteiger partial charge in [-0.25, -0.2) is 0 Å². The molecular weight excluding hydrogens is 258 g/mol. The van der Waals surface area contributed by atoms with Crippen molar-refractivity contribution in [2.75, 3.05) is 7.11 Å². The maximum absolute atomic E-state index is 12.0. The van der Waals surface area contributed by atoms with Crippen molar-refractivity contribution in [2.24, 2.45) is 16.8 Å². The topological polar surface area (TPSA) is 96.9 Å². The Morgan fingerprint density at radius 2 is 2.15 bits per heavy atom. The van der Waals surface area contributed by atoms with Gasteiger partial charge in [-0.15, -0.1) is 0 Å². The highest BCUT2D eigenvalue weighted by Crippen LogP contribution is 2.32. The smallest absolute Gasteiger partial charge is 0.225 e. The first-order chi connectivity index (χ1) is 9.63. The second-order valence-corrected chi connectivity index (χ2v) is 4.93. The molecule has 20 heavy (non-hydrogen) atoms. The van der Waals surface area contributed by atoms with Crippen LogP contribution in [-0.2, 0) is 11.2 Å². The Labute approximate surface area is 117 Å². The lowest BCUT2D eigenvalue weighted by Crippen LogP contribution is -2.46. The van der Waals surface area contributed by atoms with E-state index in [4.69, 9.17) is 15.7 Å². The number of nitrogens with one attached hydrogen (secondary N) is 1. The summed E-state index contributed by atoms with van der Waals surface area (Å²) in [6.07, 6.45) is 2.24. The van der Waals surface area contributed by atoms with E-state index >= 15 is 0 Å². The third-order valence-corrected chi connectivity index (χ3v) is 3.37. The number of ether oxygens (including phenoxy) is 1. The van der Waals surface area contributed by atoms with E-state index in [0.29, 0.717) is 0 Å². The number of methoxy groups -OCH3 is 1. The lowest BCUT2D eigenvalue weighted by molar-refractivity contribution is -0.120. The van der Waals surface area contributed by atoms with E-state index in [2.05, 4.69) is 10.5 Å². The molecule has 0 heterocycles. The van der Waals surface area contributed by atoms with Gasteiger partial charge in [-0.2, -0.15) is 0 Å². The van der Waals surface area contributed by atoms with Crippen LogP contribution in [0.3, 0.4) is 0 Å². The highest BCUT2D eigenvalue weighted by atomic mass is 16.5. The first-order valence-electron chi connectivity index (χ1n) is 6.53. The van der Waals surface area contributed by atoms with Gasteiger partial charge < -0.3 is 21.0 Å². The minimum Gasteiger partial charge on any atom is -0.497 e. The minimum atomic E-state index is -0.370. The van der Waals surface area contributed by atoms with E-state index < -0.39 is 0 Å². The van der Waals surface area contributed by atoms with Gasteiger partial charge in [-0.1, -0.05) is 17.3 Å². The fourth-order valence-corrected chi connectivity index (χ4v) is 2.08. The number of nitrogens with two attached hydrogens (primary N) is 1. The molecule has 1 saturated carbocycles. The fraction of sp³-hybridized carbons (Fsp3) is 0.429. The summed E-state index contributed by atoms with van der Waals surface area (Å²) in [6.45, 7) is 0. The van der Waals surface area contributed by atoms with Crippen molar-refractivity contribution < 1.29 is 14.7 Å². The van der Waals surface area contributed by atoms with Crippen LogP contribution in [-0.4, -0.2) is 30.1 Å². The predicted molar refractivity (Wildman–Crippen MR) is 74.8 cm³/mol. The van der Waals surface area contributed by atoms with E-state index in [1.165, 1.54) is 0 Å². The normalized spacial score (nSPS) is 16.6. The van der Waals surface area contributed by atoms with Crippen molar-refractivity contribution in [1.82, 2.24) is 5.32 Å². The first-order valence-corrected chi connectivity index (χ1v) is 6.53. The van der Waals surface area contributed by atoms with Crippen molar-refractivity contribution in [1.29, 1.82) is 0 Å². The summed E-state index contributed by atoms with van der Waals surface area (Å²) in [6, 6.07) is 6.93. The van der Waals surface area contributed by atoms with Crippen LogP contribution in [0.2, 0.25) is 0 Å². The average molecular weight is 277 g/mol. The van der Waals surface area contributed by atoms with E-state index in [9.17, 15) is 4.79 Å². The Hall–Kier alpha value is -2.24. The molecule has 6 heteroatoms. The molecule has 0 aromatic heterocycles. The molecule has 2 rings (SSSR count). The number of amidine groups is 1. The number of rotatable bonds is 6. The molecule has 4 N–H and O–H groups in total. The Kier molecular flexibility index (Phi) is 4.45. The number of hydrogen-bond donors (Lipinski definition) is 3. The average Bonchev–Trinajstić information content (AvgIpc) is 3.29. The zero-order chi connectivity index (χ0) is 14.5. The van der Waals surface area contributed by atoms with Gasteiger partial charge in [0.15, 0.2) is 5.84 Å². The summed E-state index contributed by atoms with van der Waals surface area (Å²) in [5.41, 5.74) is 6.49. The first kappa shape index (κ1) is 14.2. The van der Waals surface area contributed by atoms with Crippen molar-refractivity contribution >= 4 is 11.7 Å². The molecule has 1 aromatic carbocycles. The number of hydrogen-bond acceptors (Lipinski definition) is 4. The molecule has 1 aliphatic rings. The van der Waals surface area contributed by atoms with Crippen LogP contribution in [0.25, 0.3) is 0 Å². The lowest BCUT2D eigenvalue weighted by atomic mass is 10.1. The zero-order valence-corrected chi connectivity index (χ0v) is 11.4. The van der Waals surface area contributed by atoms with Crippen molar-refractivity contribution in [2.45, 2.75) is 25.3 Å². The Balaban J connectivity index is 1.93. The van der Waals surface area contributed by atoms with Gasteiger partial charge in [-0.3, -0.25) is 4.79 Å². The number of oxime groups is 1. The highest BCUT2D eigenvalue weighted by molar-refractivity contribution is 5.91. The lowest BCUT2D eigenvalue weighted by Gasteiger charge is -2.16. The summed E-state index contributed by atoms with van der Waals surface area (Å²) in [4.78, 5) is 12.0. The van der Waals surface area contributed by atoms with Crippen molar-refractivity contribution in [3.8, 4) is 5.75 Å². The maximum atomic E-state index is 12.0. The third-order valence-electron chi connectivity index (χ3n) is 3.37. The molecule has 1 aliphatic carbocycles. The quantitative estimate of drug-likeness (QED) is 0.311.